The second kappa shape index (κ2) is 14.8. The van der Waals surface area contributed by atoms with E-state index < -0.39 is 6.16 Å². The standard InChI is InChI=1S/C19H32O5/c1-5-7-8-9-10-11-12-13-18(15-23-17(4)20)16(3)14-24-19(21)22-6-2/h13H,3,5-12,14-15H2,1-2,4H3/b18-13-. The molecule has 0 atom stereocenters. The van der Waals surface area contributed by atoms with E-state index in [2.05, 4.69) is 13.5 Å². The first kappa shape index (κ1) is 22.2. The van der Waals surface area contributed by atoms with E-state index in [1.807, 2.05) is 6.08 Å². The normalized spacial score (nSPS) is 11.0. The highest BCUT2D eigenvalue weighted by molar-refractivity contribution is 5.66. The minimum atomic E-state index is -0.721. The van der Waals surface area contributed by atoms with Crippen LogP contribution in [0, 0.1) is 0 Å². The van der Waals surface area contributed by atoms with Crippen LogP contribution in [0.2, 0.25) is 0 Å². The third-order valence-corrected chi connectivity index (χ3v) is 3.46. The number of ether oxygens (including phenoxy) is 3. The summed E-state index contributed by atoms with van der Waals surface area (Å²) in [4.78, 5) is 22.2. The van der Waals surface area contributed by atoms with Gasteiger partial charge in [-0.2, -0.15) is 0 Å². The van der Waals surface area contributed by atoms with Crippen LogP contribution in [0.3, 0.4) is 0 Å². The number of rotatable bonds is 13. The van der Waals surface area contributed by atoms with Crippen molar-refractivity contribution >= 4 is 12.1 Å². The van der Waals surface area contributed by atoms with E-state index in [1.165, 1.54) is 39.0 Å². The van der Waals surface area contributed by atoms with Crippen molar-refractivity contribution in [2.75, 3.05) is 19.8 Å². The lowest BCUT2D eigenvalue weighted by Gasteiger charge is -2.12. The Labute approximate surface area is 146 Å². The van der Waals surface area contributed by atoms with E-state index in [-0.39, 0.29) is 25.8 Å². The van der Waals surface area contributed by atoms with E-state index in [0.29, 0.717) is 5.57 Å². The molecule has 5 nitrogen and oxygen atoms in total. The second-order valence-corrected chi connectivity index (χ2v) is 5.64. The van der Waals surface area contributed by atoms with Crippen LogP contribution in [0.4, 0.5) is 4.79 Å². The van der Waals surface area contributed by atoms with Crippen LogP contribution in [-0.2, 0) is 19.0 Å². The Bertz CT molecular complexity index is 412. The highest BCUT2D eigenvalue weighted by atomic mass is 16.7. The smallest absolute Gasteiger partial charge is 0.461 e. The molecule has 0 rings (SSSR count). The molecule has 0 fully saturated rings. The van der Waals surface area contributed by atoms with Crippen LogP contribution in [0.5, 0.6) is 0 Å². The zero-order valence-corrected chi connectivity index (χ0v) is 15.4. The molecular formula is C19H32O5. The largest absolute Gasteiger partial charge is 0.508 e. The first-order chi connectivity index (χ1) is 11.5. The zero-order chi connectivity index (χ0) is 18.2. The molecule has 24 heavy (non-hydrogen) atoms. The van der Waals surface area contributed by atoms with Gasteiger partial charge in [-0.25, -0.2) is 4.79 Å². The maximum Gasteiger partial charge on any atom is 0.508 e. The van der Waals surface area contributed by atoms with Crippen LogP contribution < -0.4 is 0 Å². The van der Waals surface area contributed by atoms with Gasteiger partial charge in [0.05, 0.1) is 6.61 Å². The second-order valence-electron chi connectivity index (χ2n) is 5.64. The minimum absolute atomic E-state index is 0.0302. The fourth-order valence-corrected chi connectivity index (χ4v) is 2.08. The van der Waals surface area contributed by atoms with E-state index in [4.69, 9.17) is 14.2 Å². The fourth-order valence-electron chi connectivity index (χ4n) is 2.08. The van der Waals surface area contributed by atoms with Crippen molar-refractivity contribution in [3.63, 3.8) is 0 Å². The first-order valence-electron chi connectivity index (χ1n) is 8.81. The molecule has 0 unspecified atom stereocenters. The average molecular weight is 340 g/mol. The molecule has 0 saturated heterocycles. The van der Waals surface area contributed by atoms with E-state index in [0.717, 1.165) is 18.4 Å². The van der Waals surface area contributed by atoms with Gasteiger partial charge >= 0.3 is 12.1 Å². The van der Waals surface area contributed by atoms with Gasteiger partial charge in [0.15, 0.2) is 0 Å². The average Bonchev–Trinajstić information content (AvgIpc) is 2.54. The van der Waals surface area contributed by atoms with Gasteiger partial charge in [0, 0.05) is 6.92 Å². The van der Waals surface area contributed by atoms with Gasteiger partial charge in [-0.3, -0.25) is 4.79 Å². The Morgan fingerprint density at radius 1 is 0.917 bits per heavy atom. The van der Waals surface area contributed by atoms with Gasteiger partial charge in [0.2, 0.25) is 0 Å². The highest BCUT2D eigenvalue weighted by Gasteiger charge is 2.09. The quantitative estimate of drug-likeness (QED) is 0.269. The molecule has 138 valence electrons. The number of carbonyl (C=O) groups excluding carboxylic acids is 2. The maximum absolute atomic E-state index is 11.2. The SMILES string of the molecule is C=C(COC(=O)OCC)/C(=C\CCCCCCCC)COC(C)=O. The number of hydrogen-bond donors (Lipinski definition) is 0. The fraction of sp³-hybridized carbons (Fsp3) is 0.684. The van der Waals surface area contributed by atoms with Gasteiger partial charge in [0.1, 0.15) is 13.2 Å². The number of hydrogen-bond acceptors (Lipinski definition) is 5. The summed E-state index contributed by atoms with van der Waals surface area (Å²) in [6.07, 6.45) is 9.50. The van der Waals surface area contributed by atoms with Crippen molar-refractivity contribution in [2.45, 2.75) is 65.7 Å². The molecule has 0 aliphatic rings. The molecule has 0 aliphatic carbocycles. The molecule has 0 aromatic heterocycles. The molecule has 0 heterocycles. The van der Waals surface area contributed by atoms with Crippen molar-refractivity contribution in [1.29, 1.82) is 0 Å². The van der Waals surface area contributed by atoms with Crippen molar-refractivity contribution in [1.82, 2.24) is 0 Å². The number of allylic oxidation sites excluding steroid dienone is 1. The van der Waals surface area contributed by atoms with E-state index in [1.54, 1.807) is 6.92 Å². The van der Waals surface area contributed by atoms with Gasteiger partial charge in [0.25, 0.3) is 0 Å². The summed E-state index contributed by atoms with van der Waals surface area (Å²) in [5, 5.41) is 0. The number of unbranched alkanes of at least 4 members (excludes halogenated alkanes) is 6. The highest BCUT2D eigenvalue weighted by Crippen LogP contribution is 2.14. The molecule has 5 heteroatoms. The number of carbonyl (C=O) groups is 2. The van der Waals surface area contributed by atoms with Crippen molar-refractivity contribution in [2.24, 2.45) is 0 Å². The lowest BCUT2D eigenvalue weighted by Crippen LogP contribution is -2.12. The van der Waals surface area contributed by atoms with Gasteiger partial charge in [-0.15, -0.1) is 0 Å². The van der Waals surface area contributed by atoms with E-state index in [9.17, 15) is 9.59 Å². The predicted molar refractivity (Wildman–Crippen MR) is 94.8 cm³/mol. The van der Waals surface area contributed by atoms with Crippen LogP contribution in [-0.4, -0.2) is 31.9 Å². The Hall–Kier alpha value is -1.78. The summed E-state index contributed by atoms with van der Waals surface area (Å²) < 4.78 is 14.7. The molecule has 0 spiro atoms. The maximum atomic E-state index is 11.2. The monoisotopic (exact) mass is 340 g/mol. The Morgan fingerprint density at radius 2 is 1.58 bits per heavy atom. The minimum Gasteiger partial charge on any atom is -0.461 e. The lowest BCUT2D eigenvalue weighted by molar-refractivity contribution is -0.139. The zero-order valence-electron chi connectivity index (χ0n) is 15.4. The van der Waals surface area contributed by atoms with Crippen molar-refractivity contribution in [3.8, 4) is 0 Å². The van der Waals surface area contributed by atoms with E-state index >= 15 is 0 Å². The van der Waals surface area contributed by atoms with Gasteiger partial charge < -0.3 is 14.2 Å². The summed E-state index contributed by atoms with van der Waals surface area (Å²) in [6, 6.07) is 0. The third-order valence-electron chi connectivity index (χ3n) is 3.46. The molecule has 0 N–H and O–H groups in total. The Balaban J connectivity index is 4.33. The summed E-state index contributed by atoms with van der Waals surface area (Å²) in [6.45, 7) is 9.63. The Kier molecular flexibility index (Phi) is 13.7. The summed E-state index contributed by atoms with van der Waals surface area (Å²) in [5.41, 5.74) is 1.42. The predicted octanol–water partition coefficient (Wildman–Crippen LogP) is 4.96. The van der Waals surface area contributed by atoms with Gasteiger partial charge in [-0.05, 0) is 30.9 Å². The Morgan fingerprint density at radius 3 is 2.21 bits per heavy atom. The summed E-state index contributed by atoms with van der Waals surface area (Å²) in [7, 11) is 0. The van der Waals surface area contributed by atoms with Gasteiger partial charge in [-0.1, -0.05) is 51.7 Å². The van der Waals surface area contributed by atoms with Crippen LogP contribution >= 0.6 is 0 Å². The van der Waals surface area contributed by atoms with Crippen LogP contribution in [0.25, 0.3) is 0 Å². The topological polar surface area (TPSA) is 61.8 Å². The molecule has 0 aromatic rings. The molecule has 0 amide bonds. The van der Waals surface area contributed by atoms with Crippen molar-refractivity contribution < 1.29 is 23.8 Å². The molecule has 0 aromatic carbocycles. The first-order valence-corrected chi connectivity index (χ1v) is 8.81. The molecule has 0 radical (unpaired) electrons. The number of esters is 1. The molecule has 0 bridgehead atoms. The van der Waals surface area contributed by atoms with Crippen molar-refractivity contribution in [3.05, 3.63) is 23.8 Å². The van der Waals surface area contributed by atoms with Crippen LogP contribution in [0.15, 0.2) is 23.8 Å². The third kappa shape index (κ3) is 12.7. The molecule has 0 saturated carbocycles. The molecular weight excluding hydrogens is 308 g/mol. The summed E-state index contributed by atoms with van der Waals surface area (Å²) in [5.74, 6) is -0.348. The summed E-state index contributed by atoms with van der Waals surface area (Å²) >= 11 is 0. The van der Waals surface area contributed by atoms with Crippen LogP contribution in [0.1, 0.15) is 65.7 Å². The lowest BCUT2D eigenvalue weighted by atomic mass is 10.0. The molecule has 0 aliphatic heterocycles.